The molecule has 62 heavy (non-hydrogen) atoms. The Bertz CT molecular complexity index is 766. The van der Waals surface area contributed by atoms with Crippen LogP contribution in [0.3, 0.4) is 0 Å². The summed E-state index contributed by atoms with van der Waals surface area (Å²) in [6.07, 6.45) is 0.985. The molecule has 400 valence electrons. The molecule has 20 heteroatoms. The van der Waals surface area contributed by atoms with Crippen molar-refractivity contribution in [3.8, 4) is 0 Å². The number of aliphatic hydroxyl groups is 1. The summed E-state index contributed by atoms with van der Waals surface area (Å²) in [4.78, 5) is 32.5. The highest BCUT2D eigenvalue weighted by Crippen LogP contribution is 1.91. The molecule has 1 aromatic carbocycles. The van der Waals surface area contributed by atoms with E-state index in [4.69, 9.17) is 39.8 Å². The summed E-state index contributed by atoms with van der Waals surface area (Å²) in [5, 5.41) is 25.5. The Labute approximate surface area is 430 Å². The van der Waals surface area contributed by atoms with Gasteiger partial charge in [-0.15, -0.1) is 51.1 Å². The number of benzene rings is 1. The van der Waals surface area contributed by atoms with Crippen molar-refractivity contribution in [3.05, 3.63) is 74.9 Å². The fraction of sp³-hybridized carbons (Fsp3) is 0.595. The number of carboxylic acid groups (broad SMARTS) is 1. The van der Waals surface area contributed by atoms with Gasteiger partial charge in [0.05, 0.1) is 33.7 Å². The van der Waals surface area contributed by atoms with Crippen LogP contribution in [-0.4, -0.2) is 107 Å². The first-order chi connectivity index (χ1) is 23.9. The number of allylic oxidation sites excluding steroid dienone is 1. The first kappa shape index (κ1) is 170. The van der Waals surface area contributed by atoms with Crippen LogP contribution in [0.5, 0.6) is 0 Å². The van der Waals surface area contributed by atoms with Crippen molar-refractivity contribution in [1.29, 1.82) is 5.41 Å². The molecular weight excluding hydrogens is 965 g/mol. The fourth-order valence-electron chi connectivity index (χ4n) is 0.784. The van der Waals surface area contributed by atoms with Crippen molar-refractivity contribution in [2.45, 2.75) is 134 Å². The van der Waals surface area contributed by atoms with E-state index in [2.05, 4.69) is 94.2 Å². The topological polar surface area (TPSA) is 200 Å². The molecule has 0 spiro atoms. The number of carboxylic acids is 1. The maximum atomic E-state index is 10.0. The predicted octanol–water partition coefficient (Wildman–Crippen LogP) is 9.19. The molecule has 0 aliphatic carbocycles. The number of carbonyl (C=O) groups is 3. The standard InChI is InChI=1S/C7H6O.C4H8O3.C3H3ClO.2C3H9N.4C2H6.2C2H4.2CH3N.8CH4.Cl2OS.3ClH.O2S.H2/c8-6-7-4-2-1-3-5-7;1-3(5)2-4(6)7;1-2-3(4)5;2*1-4(2)3;8*1-2;;;;;;;;;1-4(2)3;;;;1-3-2;/h1-6H;3,5H,2H2,1H3,(H,6,7);2H,1H2;2*1-3H3;4*1-2H3;2*1-2H2;2*2H,1H2;8*1H4;;3*1H;;1H/p+1. The normalized spacial score (nSPS) is 5.71. The molecule has 1 unspecified atom stereocenters. The highest BCUT2D eigenvalue weighted by molar-refractivity contribution is 8.26. The third-order valence-electron chi connectivity index (χ3n) is 1.57. The van der Waals surface area contributed by atoms with E-state index in [0.29, 0.717) is 0 Å². The first-order valence-electron chi connectivity index (χ1n) is 15.0. The molecule has 0 aliphatic rings. The summed E-state index contributed by atoms with van der Waals surface area (Å²) < 4.78 is 25.7. The van der Waals surface area contributed by atoms with Crippen LogP contribution in [0.4, 0.5) is 0 Å². The SMILES string of the molecule is C.C.C.C.C.C.C.C.C=C.C=C.C=CC(=O)Cl.C=N.C=[NH2+].CC.CC.CC.CC.CC(O)CC(=O)O.CN(C)C.C[NH+](C)C.Cl.Cl.O=Cc1ccccc1.O=S(Cl)Cl.O=S=O.[Cl-].[HH]. The van der Waals surface area contributed by atoms with Crippen molar-refractivity contribution in [3.63, 3.8) is 0 Å². The Balaban J connectivity index is -0.00000000984. The number of rotatable bonds is 4. The average Bonchev–Trinajstić information content (AvgIpc) is 3.12. The molecule has 12 nitrogen and oxygen atoms in total. The van der Waals surface area contributed by atoms with Gasteiger partial charge in [-0.1, -0.05) is 152 Å². The van der Waals surface area contributed by atoms with E-state index in [1.54, 1.807) is 12.1 Å². The summed E-state index contributed by atoms with van der Waals surface area (Å²) in [7, 11) is 19.6. The second-order valence-electron chi connectivity index (χ2n) is 6.58. The van der Waals surface area contributed by atoms with E-state index in [0.717, 1.165) is 17.9 Å². The van der Waals surface area contributed by atoms with Gasteiger partial charge in [-0.25, -0.2) is 4.21 Å². The second kappa shape index (κ2) is 252. The molecule has 0 radical (unpaired) electrons. The number of carbonyl (C=O) groups excluding carboxylic acids is 2. The lowest BCUT2D eigenvalue weighted by molar-refractivity contribution is -0.836. The second-order valence-corrected chi connectivity index (χ2v) is 9.61. The van der Waals surface area contributed by atoms with Crippen LogP contribution in [0, 0.1) is 5.41 Å². The molecule has 0 aromatic heterocycles. The van der Waals surface area contributed by atoms with E-state index in [1.165, 1.54) is 11.8 Å². The lowest BCUT2D eigenvalue weighted by atomic mass is 10.2. The quantitative estimate of drug-likeness (QED) is 0.0641. The number of hydrogen-bond donors (Lipinski definition) is 5. The van der Waals surface area contributed by atoms with Crippen molar-refractivity contribution >= 4 is 110 Å². The van der Waals surface area contributed by atoms with Crippen molar-refractivity contribution < 1.29 is 61.4 Å². The lowest BCUT2D eigenvalue weighted by Gasteiger charge is -1.94. The van der Waals surface area contributed by atoms with E-state index in [1.807, 2.05) is 99.6 Å². The van der Waals surface area contributed by atoms with Crippen LogP contribution in [-0.2, 0) is 30.4 Å². The number of nitrogens with two attached hydrogens (primary N) is 1. The van der Waals surface area contributed by atoms with Crippen LogP contribution in [0.1, 0.15) is 140 Å². The Morgan fingerprint density at radius 2 is 0.952 bits per heavy atom. The maximum Gasteiger partial charge on any atom is 0.335 e. The number of hydrogen-bond acceptors (Lipinski definition) is 9. The van der Waals surface area contributed by atoms with Crippen molar-refractivity contribution in [1.82, 2.24) is 4.90 Å². The third kappa shape index (κ3) is 946. The van der Waals surface area contributed by atoms with E-state index in [9.17, 15) is 14.4 Å². The summed E-state index contributed by atoms with van der Waals surface area (Å²) in [6, 6.07) is 9.10. The molecule has 1 atom stereocenters. The van der Waals surface area contributed by atoms with Gasteiger partial charge in [0, 0.05) is 28.4 Å². The van der Waals surface area contributed by atoms with Crippen LogP contribution in [0.2, 0.25) is 0 Å². The lowest BCUT2D eigenvalue weighted by Crippen LogP contribution is -3.02. The van der Waals surface area contributed by atoms with Gasteiger partial charge in [-0.3, -0.25) is 19.8 Å². The van der Waals surface area contributed by atoms with Gasteiger partial charge in [0.2, 0.25) is 14.5 Å². The zero-order chi connectivity index (χ0) is 45.4. The minimum atomic E-state index is -1.67. The number of aliphatic hydroxyl groups excluding tert-OH is 1. The molecule has 0 amide bonds. The highest BCUT2D eigenvalue weighted by atomic mass is 36.0. The van der Waals surface area contributed by atoms with Crippen LogP contribution in [0.15, 0.2) is 69.3 Å². The van der Waals surface area contributed by atoms with Gasteiger partial charge < -0.3 is 37.8 Å². The minimum Gasteiger partial charge on any atom is -1.00 e. The molecule has 6 N–H and O–H groups in total. The van der Waals surface area contributed by atoms with Crippen LogP contribution >= 0.6 is 57.8 Å². The monoisotopic (exact) mass is 1070 g/mol. The Hall–Kier alpha value is -1.82. The van der Waals surface area contributed by atoms with Gasteiger partial charge in [0.25, 0.3) is 0 Å². The molecular formula is C42H111Cl6N4O8S2+. The number of aliphatic carboxylic acids is 1. The van der Waals surface area contributed by atoms with Gasteiger partial charge >= 0.3 is 17.5 Å². The number of aldehydes is 1. The Morgan fingerprint density at radius 3 is 1.00 bits per heavy atom. The van der Waals surface area contributed by atoms with Gasteiger partial charge in [-0.05, 0) is 52.5 Å². The Kier molecular flexibility index (Phi) is 693. The molecule has 0 heterocycles. The largest absolute Gasteiger partial charge is 1.00 e. The van der Waals surface area contributed by atoms with Crippen LogP contribution < -0.4 is 22.7 Å². The van der Waals surface area contributed by atoms with E-state index < -0.39 is 38.1 Å². The van der Waals surface area contributed by atoms with Gasteiger partial charge in [0.1, 0.15) is 13.0 Å². The first-order valence-corrected chi connectivity index (χ1v) is 18.8. The number of nitrogens with one attached hydrogen (secondary N) is 2. The molecule has 1 aromatic rings. The molecule has 0 saturated heterocycles. The average molecular weight is 1080 g/mol. The van der Waals surface area contributed by atoms with E-state index >= 15 is 0 Å². The number of nitrogens with zero attached hydrogens (tertiary/aromatic N) is 1. The van der Waals surface area contributed by atoms with Gasteiger partial charge in [0.15, 0.2) is 0 Å². The Morgan fingerprint density at radius 1 is 0.806 bits per heavy atom. The molecule has 0 fully saturated rings. The molecule has 0 saturated carbocycles. The van der Waals surface area contributed by atoms with Gasteiger partial charge in [-0.2, -0.15) is 8.42 Å². The summed E-state index contributed by atoms with van der Waals surface area (Å²) in [6.45, 7) is 37.8. The number of quaternary nitrogens is 1. The minimum absolute atomic E-state index is 0. The summed E-state index contributed by atoms with van der Waals surface area (Å²) >= 11 is 3.96. The predicted molar refractivity (Wildman–Crippen MR) is 301 cm³/mol. The number of halogens is 6. The maximum absolute atomic E-state index is 10.0. The molecule has 0 bridgehead atoms. The fourth-order valence-corrected chi connectivity index (χ4v) is 0.784. The zero-order valence-electron chi connectivity index (χ0n) is 35.3. The van der Waals surface area contributed by atoms with E-state index in [-0.39, 0.29) is 104 Å². The summed E-state index contributed by atoms with van der Waals surface area (Å²) in [5.74, 6) is -0.963. The smallest absolute Gasteiger partial charge is 0.335 e. The zero-order valence-corrected chi connectivity index (χ0v) is 41.6. The highest BCUT2D eigenvalue weighted by Gasteiger charge is 2.00. The van der Waals surface area contributed by atoms with Crippen molar-refractivity contribution in [2.24, 2.45) is 0 Å². The third-order valence-corrected chi connectivity index (χ3v) is 1.72. The van der Waals surface area contributed by atoms with Crippen LogP contribution in [0.25, 0.3) is 0 Å². The summed E-state index contributed by atoms with van der Waals surface area (Å²) in [5.41, 5.74) is 0.729. The van der Waals surface area contributed by atoms with Crippen molar-refractivity contribution in [2.75, 3.05) is 42.3 Å². The molecule has 1 rings (SSSR count). The molecule has 0 aliphatic heterocycles.